The minimum Gasteiger partial charge on any atom is -0.391 e. The minimum atomic E-state index is -0.775. The topological polar surface area (TPSA) is 123 Å². The second-order valence-electron chi connectivity index (χ2n) is 4.62. The maximum atomic E-state index is 12.3. The van der Waals surface area contributed by atoms with Crippen LogP contribution >= 0.6 is 11.3 Å². The average molecular weight is 284 g/mol. The lowest BCUT2D eigenvalue weighted by atomic mass is 10.2. The first-order chi connectivity index (χ1) is 8.90. The Morgan fingerprint density at radius 2 is 2.32 bits per heavy atom. The number of aliphatic hydroxyl groups excluding tert-OH is 1. The van der Waals surface area contributed by atoms with Gasteiger partial charge in [-0.3, -0.25) is 9.59 Å². The molecule has 1 fully saturated rings. The zero-order valence-corrected chi connectivity index (χ0v) is 11.3. The number of nitrogens with zero attached hydrogens (tertiary/aromatic N) is 2. The van der Waals surface area contributed by atoms with E-state index in [1.165, 1.54) is 16.2 Å². The molecule has 1 saturated heterocycles. The molecule has 0 spiro atoms. The van der Waals surface area contributed by atoms with Crippen molar-refractivity contribution < 1.29 is 14.7 Å². The van der Waals surface area contributed by atoms with Gasteiger partial charge < -0.3 is 21.5 Å². The molecule has 0 saturated carbocycles. The van der Waals surface area contributed by atoms with Gasteiger partial charge in [-0.2, -0.15) is 0 Å². The van der Waals surface area contributed by atoms with Gasteiger partial charge in [0, 0.05) is 18.3 Å². The van der Waals surface area contributed by atoms with Crippen molar-refractivity contribution in [1.29, 1.82) is 0 Å². The molecule has 0 aromatic carbocycles. The van der Waals surface area contributed by atoms with Crippen LogP contribution in [0.15, 0.2) is 5.38 Å². The van der Waals surface area contributed by atoms with Crippen LogP contribution in [-0.2, 0) is 4.79 Å². The Labute approximate surface area is 114 Å². The van der Waals surface area contributed by atoms with E-state index in [0.29, 0.717) is 5.01 Å². The molecular weight excluding hydrogens is 268 g/mol. The van der Waals surface area contributed by atoms with Crippen LogP contribution in [0.5, 0.6) is 0 Å². The van der Waals surface area contributed by atoms with Gasteiger partial charge >= 0.3 is 0 Å². The Hall–Kier alpha value is -1.51. The van der Waals surface area contributed by atoms with Gasteiger partial charge in [-0.05, 0) is 6.92 Å². The molecule has 0 radical (unpaired) electrons. The van der Waals surface area contributed by atoms with E-state index in [-0.39, 0.29) is 24.7 Å². The van der Waals surface area contributed by atoms with E-state index in [2.05, 4.69) is 4.98 Å². The lowest BCUT2D eigenvalue weighted by molar-refractivity contribution is -0.121. The maximum absolute atomic E-state index is 12.3. The van der Waals surface area contributed by atoms with Gasteiger partial charge in [0.05, 0.1) is 12.1 Å². The number of carbonyl (C=O) groups is 2. The van der Waals surface area contributed by atoms with E-state index in [0.717, 1.165) is 0 Å². The van der Waals surface area contributed by atoms with Crippen LogP contribution < -0.4 is 11.5 Å². The van der Waals surface area contributed by atoms with Gasteiger partial charge in [-0.15, -0.1) is 11.3 Å². The van der Waals surface area contributed by atoms with Crippen LogP contribution in [-0.4, -0.2) is 45.5 Å². The fourth-order valence-corrected chi connectivity index (χ4v) is 2.80. The second kappa shape index (κ2) is 5.24. The van der Waals surface area contributed by atoms with Crippen LogP contribution in [0.4, 0.5) is 0 Å². The van der Waals surface area contributed by atoms with E-state index < -0.39 is 24.0 Å². The summed E-state index contributed by atoms with van der Waals surface area (Å²) in [7, 11) is 0. The largest absolute Gasteiger partial charge is 0.391 e. The summed E-state index contributed by atoms with van der Waals surface area (Å²) < 4.78 is 0. The lowest BCUT2D eigenvalue weighted by Gasteiger charge is -2.20. The SMILES string of the molecule is CC(N)c1nc(C(=O)N2CC(O)CC2C(N)=O)cs1. The molecule has 19 heavy (non-hydrogen) atoms. The van der Waals surface area contributed by atoms with Gasteiger partial charge in [0.2, 0.25) is 5.91 Å². The van der Waals surface area contributed by atoms with E-state index in [1.54, 1.807) is 12.3 Å². The van der Waals surface area contributed by atoms with Crippen LogP contribution in [0.3, 0.4) is 0 Å². The molecule has 2 amide bonds. The molecule has 2 heterocycles. The predicted molar refractivity (Wildman–Crippen MR) is 69.4 cm³/mol. The number of aliphatic hydroxyl groups is 1. The first kappa shape index (κ1) is 13.9. The van der Waals surface area contributed by atoms with Crippen molar-refractivity contribution in [3.8, 4) is 0 Å². The Morgan fingerprint density at radius 1 is 1.63 bits per heavy atom. The lowest BCUT2D eigenvalue weighted by Crippen LogP contribution is -2.43. The van der Waals surface area contributed by atoms with Crippen molar-refractivity contribution in [2.45, 2.75) is 31.5 Å². The Balaban J connectivity index is 2.20. The summed E-state index contributed by atoms with van der Waals surface area (Å²) in [5.41, 5.74) is 11.2. The smallest absolute Gasteiger partial charge is 0.274 e. The number of thiazole rings is 1. The molecule has 5 N–H and O–H groups in total. The Kier molecular flexibility index (Phi) is 3.83. The number of nitrogens with two attached hydrogens (primary N) is 2. The molecule has 0 bridgehead atoms. The van der Waals surface area contributed by atoms with Crippen molar-refractivity contribution in [3.05, 3.63) is 16.1 Å². The molecule has 1 aromatic heterocycles. The number of likely N-dealkylation sites (tertiary alicyclic amines) is 1. The number of rotatable bonds is 3. The number of hydrogen-bond acceptors (Lipinski definition) is 6. The van der Waals surface area contributed by atoms with Crippen molar-refractivity contribution in [2.75, 3.05) is 6.54 Å². The summed E-state index contributed by atoms with van der Waals surface area (Å²) in [5, 5.41) is 11.8. The van der Waals surface area contributed by atoms with E-state index in [1.807, 2.05) is 0 Å². The highest BCUT2D eigenvalue weighted by molar-refractivity contribution is 7.09. The maximum Gasteiger partial charge on any atom is 0.274 e. The monoisotopic (exact) mass is 284 g/mol. The summed E-state index contributed by atoms with van der Waals surface area (Å²) in [4.78, 5) is 29.0. The third-order valence-corrected chi connectivity index (χ3v) is 4.04. The zero-order valence-electron chi connectivity index (χ0n) is 10.4. The quantitative estimate of drug-likeness (QED) is 0.672. The van der Waals surface area contributed by atoms with E-state index in [4.69, 9.17) is 11.5 Å². The van der Waals surface area contributed by atoms with Crippen LogP contribution in [0.1, 0.15) is 34.9 Å². The summed E-state index contributed by atoms with van der Waals surface area (Å²) in [5.74, 6) is -1.02. The minimum absolute atomic E-state index is 0.0947. The number of primary amides is 1. The van der Waals surface area contributed by atoms with Crippen LogP contribution in [0.25, 0.3) is 0 Å². The molecule has 8 heteroatoms. The molecule has 1 aromatic rings. The van der Waals surface area contributed by atoms with Crippen LogP contribution in [0, 0.1) is 0 Å². The fraction of sp³-hybridized carbons (Fsp3) is 0.545. The molecule has 3 unspecified atom stereocenters. The summed E-state index contributed by atoms with van der Waals surface area (Å²) >= 11 is 1.29. The van der Waals surface area contributed by atoms with Gasteiger partial charge in [0.25, 0.3) is 5.91 Å². The molecule has 3 atom stereocenters. The molecule has 7 nitrogen and oxygen atoms in total. The third kappa shape index (κ3) is 2.75. The third-order valence-electron chi connectivity index (χ3n) is 3.00. The highest BCUT2D eigenvalue weighted by atomic mass is 32.1. The summed E-state index contributed by atoms with van der Waals surface area (Å²) in [6.07, 6.45) is -0.557. The standard InChI is InChI=1S/C11H16N4O3S/c1-5(12)10-14-7(4-19-10)11(18)15-3-6(16)2-8(15)9(13)17/h4-6,8,16H,2-3,12H2,1H3,(H2,13,17). The zero-order chi connectivity index (χ0) is 14.2. The highest BCUT2D eigenvalue weighted by Gasteiger charge is 2.38. The normalized spacial score (nSPS) is 24.5. The first-order valence-corrected chi connectivity index (χ1v) is 6.77. The van der Waals surface area contributed by atoms with Crippen LogP contribution in [0.2, 0.25) is 0 Å². The number of aromatic nitrogens is 1. The highest BCUT2D eigenvalue weighted by Crippen LogP contribution is 2.22. The summed E-state index contributed by atoms with van der Waals surface area (Å²) in [6.45, 7) is 1.87. The number of hydrogen-bond donors (Lipinski definition) is 3. The molecule has 104 valence electrons. The van der Waals surface area contributed by atoms with Crippen molar-refractivity contribution in [1.82, 2.24) is 9.88 Å². The summed E-state index contributed by atoms with van der Waals surface area (Å²) in [6, 6.07) is -1.02. The van der Waals surface area contributed by atoms with Crippen molar-refractivity contribution in [3.63, 3.8) is 0 Å². The van der Waals surface area contributed by atoms with Crippen molar-refractivity contribution in [2.24, 2.45) is 11.5 Å². The Bertz CT molecular complexity index is 502. The molecule has 0 aliphatic carbocycles. The van der Waals surface area contributed by atoms with Crippen molar-refractivity contribution >= 4 is 23.2 Å². The van der Waals surface area contributed by atoms with Gasteiger partial charge in [0.1, 0.15) is 16.7 Å². The Morgan fingerprint density at radius 3 is 2.84 bits per heavy atom. The van der Waals surface area contributed by atoms with E-state index in [9.17, 15) is 14.7 Å². The van der Waals surface area contributed by atoms with Gasteiger partial charge in [-0.1, -0.05) is 0 Å². The van der Waals surface area contributed by atoms with E-state index >= 15 is 0 Å². The molecule has 2 rings (SSSR count). The molecule has 1 aliphatic heterocycles. The predicted octanol–water partition coefficient (Wildman–Crippen LogP) is -0.776. The number of β-amino-alcohol motifs (C(OH)–C–C–N with tert-alkyl or cyclic N) is 1. The molecule has 1 aliphatic rings. The number of amides is 2. The van der Waals surface area contributed by atoms with Gasteiger partial charge in [-0.25, -0.2) is 4.98 Å². The average Bonchev–Trinajstić information content (AvgIpc) is 2.94. The molecular formula is C11H16N4O3S. The fourth-order valence-electron chi connectivity index (χ4n) is 2.05. The number of carbonyl (C=O) groups excluding carboxylic acids is 2. The van der Waals surface area contributed by atoms with Gasteiger partial charge in [0.15, 0.2) is 0 Å². The first-order valence-electron chi connectivity index (χ1n) is 5.89. The second-order valence-corrected chi connectivity index (χ2v) is 5.51.